The Balaban J connectivity index is 1.62. The van der Waals surface area contributed by atoms with Crippen LogP contribution in [0.25, 0.3) is 0 Å². The summed E-state index contributed by atoms with van der Waals surface area (Å²) in [5.41, 5.74) is 4.22. The minimum Gasteiger partial charge on any atom is -0.507 e. The molecule has 142 valence electrons. The van der Waals surface area contributed by atoms with Crippen LogP contribution in [0.5, 0.6) is 5.75 Å². The Hall–Kier alpha value is -2.29. The van der Waals surface area contributed by atoms with Crippen LogP contribution < -0.4 is 0 Å². The van der Waals surface area contributed by atoms with Gasteiger partial charge in [-0.05, 0) is 72.6 Å². The lowest BCUT2D eigenvalue weighted by Gasteiger charge is -2.43. The first kappa shape index (κ1) is 18.1. The number of methoxy groups -OCH3 is 1. The van der Waals surface area contributed by atoms with Gasteiger partial charge in [0, 0.05) is 0 Å². The second-order valence-electron chi connectivity index (χ2n) is 8.06. The Labute approximate surface area is 161 Å². The van der Waals surface area contributed by atoms with Gasteiger partial charge >= 0.3 is 5.97 Å². The molecule has 0 bridgehead atoms. The number of rotatable bonds is 4. The minimum atomic E-state index is -0.456. The molecule has 0 spiro atoms. The minimum absolute atomic E-state index is 0.0129. The zero-order valence-electron chi connectivity index (χ0n) is 16.0. The summed E-state index contributed by atoms with van der Waals surface area (Å²) in [4.78, 5) is 12.2. The van der Waals surface area contributed by atoms with Gasteiger partial charge in [-0.1, -0.05) is 49.2 Å². The second kappa shape index (κ2) is 7.75. The maximum Gasteiger partial charge on any atom is 0.341 e. The number of hydrogen-bond acceptors (Lipinski definition) is 3. The monoisotopic (exact) mass is 364 g/mol. The number of fused-ring (bicyclic) bond motifs is 2. The molecule has 0 aromatic heterocycles. The molecule has 0 radical (unpaired) electrons. The lowest BCUT2D eigenvalue weighted by Crippen LogP contribution is -2.32. The fourth-order valence-electron chi connectivity index (χ4n) is 5.43. The van der Waals surface area contributed by atoms with E-state index in [-0.39, 0.29) is 5.75 Å². The molecule has 2 aliphatic rings. The number of phenols is 1. The van der Waals surface area contributed by atoms with Gasteiger partial charge in [0.15, 0.2) is 0 Å². The third-order valence-electron chi connectivity index (χ3n) is 6.66. The van der Waals surface area contributed by atoms with Crippen molar-refractivity contribution < 1.29 is 14.6 Å². The van der Waals surface area contributed by atoms with E-state index in [1.165, 1.54) is 50.3 Å². The van der Waals surface area contributed by atoms with E-state index in [9.17, 15) is 9.90 Å². The van der Waals surface area contributed by atoms with Crippen molar-refractivity contribution in [2.45, 2.75) is 50.9 Å². The summed E-state index contributed by atoms with van der Waals surface area (Å²) in [5, 5.41) is 10.2. The summed E-state index contributed by atoms with van der Waals surface area (Å²) in [6.45, 7) is 0. The highest BCUT2D eigenvalue weighted by molar-refractivity contribution is 5.94. The van der Waals surface area contributed by atoms with Crippen molar-refractivity contribution in [1.82, 2.24) is 0 Å². The van der Waals surface area contributed by atoms with Crippen molar-refractivity contribution in [1.29, 1.82) is 0 Å². The number of aromatic hydroxyl groups is 1. The van der Waals surface area contributed by atoms with Gasteiger partial charge in [0.05, 0.1) is 7.11 Å². The van der Waals surface area contributed by atoms with Crippen LogP contribution in [0.15, 0.2) is 42.5 Å². The lowest BCUT2D eigenvalue weighted by molar-refractivity contribution is 0.0596. The molecular formula is C24H28O3. The molecule has 2 aliphatic carbocycles. The average Bonchev–Trinajstić information content (AvgIpc) is 2.70. The van der Waals surface area contributed by atoms with E-state index in [2.05, 4.69) is 24.3 Å². The van der Waals surface area contributed by atoms with Crippen molar-refractivity contribution >= 4 is 5.97 Å². The largest absolute Gasteiger partial charge is 0.507 e. The van der Waals surface area contributed by atoms with Crippen LogP contribution in [0.4, 0.5) is 0 Å². The molecule has 2 aromatic rings. The van der Waals surface area contributed by atoms with Crippen LogP contribution in [0.1, 0.15) is 65.1 Å². The van der Waals surface area contributed by atoms with Crippen molar-refractivity contribution in [3.05, 3.63) is 64.7 Å². The fraction of sp³-hybridized carbons (Fsp3) is 0.458. The molecule has 3 heteroatoms. The SMILES string of the molecule is COC(=O)c1c(O)cccc1CC[C@@H]1c2ccccc2C[C@H]2CCCC[C@@H]21. The number of esters is 1. The van der Waals surface area contributed by atoms with Gasteiger partial charge in [0.2, 0.25) is 0 Å². The number of carbonyl (C=O) groups is 1. The number of carbonyl (C=O) groups excluding carboxylic acids is 1. The van der Waals surface area contributed by atoms with E-state index < -0.39 is 5.97 Å². The van der Waals surface area contributed by atoms with E-state index in [0.717, 1.165) is 30.2 Å². The summed E-state index contributed by atoms with van der Waals surface area (Å²) < 4.78 is 4.89. The van der Waals surface area contributed by atoms with Gasteiger partial charge in [-0.25, -0.2) is 4.79 Å². The highest BCUT2D eigenvalue weighted by Gasteiger charge is 2.37. The van der Waals surface area contributed by atoms with Crippen molar-refractivity contribution in [2.75, 3.05) is 7.11 Å². The highest BCUT2D eigenvalue weighted by Crippen LogP contribution is 2.48. The molecule has 27 heavy (non-hydrogen) atoms. The van der Waals surface area contributed by atoms with E-state index in [1.54, 1.807) is 6.07 Å². The van der Waals surface area contributed by atoms with Gasteiger partial charge in [0.25, 0.3) is 0 Å². The van der Waals surface area contributed by atoms with Crippen molar-refractivity contribution in [3.63, 3.8) is 0 Å². The Bertz CT molecular complexity index is 826. The molecule has 4 rings (SSSR count). The predicted octanol–water partition coefficient (Wildman–Crippen LogP) is 5.26. The van der Waals surface area contributed by atoms with Gasteiger partial charge in [-0.2, -0.15) is 0 Å². The Morgan fingerprint density at radius 2 is 1.93 bits per heavy atom. The summed E-state index contributed by atoms with van der Waals surface area (Å²) in [6.07, 6.45) is 8.35. The second-order valence-corrected chi connectivity index (χ2v) is 8.06. The van der Waals surface area contributed by atoms with Crippen LogP contribution in [0.2, 0.25) is 0 Å². The standard InChI is InChI=1S/C24H28O3/c1-27-24(26)23-16(9-6-12-22(23)25)13-14-21-19-10-4-2-7-17(19)15-18-8-3-5-11-20(18)21/h2,4,6-7,9-10,12,18,20-21,25H,3,5,8,11,13-15H2,1H3/t18-,20+,21-/m1/s1. The Morgan fingerprint density at radius 1 is 1.11 bits per heavy atom. The molecule has 1 N–H and O–H groups in total. The molecule has 0 unspecified atom stereocenters. The van der Waals surface area contributed by atoms with E-state index >= 15 is 0 Å². The zero-order chi connectivity index (χ0) is 18.8. The van der Waals surface area contributed by atoms with E-state index in [1.807, 2.05) is 12.1 Å². The smallest absolute Gasteiger partial charge is 0.341 e. The zero-order valence-corrected chi connectivity index (χ0v) is 16.0. The molecule has 0 aliphatic heterocycles. The molecule has 2 aromatic carbocycles. The van der Waals surface area contributed by atoms with Crippen LogP contribution in [-0.4, -0.2) is 18.2 Å². The van der Waals surface area contributed by atoms with Crippen molar-refractivity contribution in [2.24, 2.45) is 11.8 Å². The van der Waals surface area contributed by atoms with Crippen LogP contribution >= 0.6 is 0 Å². The quantitative estimate of drug-likeness (QED) is 0.753. The molecular weight excluding hydrogens is 336 g/mol. The van der Waals surface area contributed by atoms with Crippen LogP contribution in [-0.2, 0) is 17.6 Å². The highest BCUT2D eigenvalue weighted by atomic mass is 16.5. The molecule has 1 fully saturated rings. The fourth-order valence-corrected chi connectivity index (χ4v) is 5.43. The number of ether oxygens (including phenoxy) is 1. The molecule has 3 atom stereocenters. The normalized spacial score (nSPS) is 24.0. The maximum absolute atomic E-state index is 12.2. The Kier molecular flexibility index (Phi) is 5.20. The van der Waals surface area contributed by atoms with Crippen LogP contribution in [0.3, 0.4) is 0 Å². The molecule has 0 heterocycles. The van der Waals surface area contributed by atoms with Crippen molar-refractivity contribution in [3.8, 4) is 5.75 Å². The van der Waals surface area contributed by atoms with Gasteiger partial charge in [0.1, 0.15) is 11.3 Å². The Morgan fingerprint density at radius 3 is 2.78 bits per heavy atom. The predicted molar refractivity (Wildman–Crippen MR) is 106 cm³/mol. The third kappa shape index (κ3) is 3.47. The van der Waals surface area contributed by atoms with Gasteiger partial charge < -0.3 is 9.84 Å². The summed E-state index contributed by atoms with van der Waals surface area (Å²) in [7, 11) is 1.36. The number of phenolic OH excluding ortho intramolecular Hbond substituents is 1. The van der Waals surface area contributed by atoms with Crippen LogP contribution in [0, 0.1) is 11.8 Å². The number of aryl methyl sites for hydroxylation is 1. The third-order valence-corrected chi connectivity index (χ3v) is 6.66. The lowest BCUT2D eigenvalue weighted by atomic mass is 9.62. The number of hydrogen-bond donors (Lipinski definition) is 1. The number of benzene rings is 2. The summed E-state index contributed by atoms with van der Waals surface area (Å²) >= 11 is 0. The molecule has 0 saturated heterocycles. The van der Waals surface area contributed by atoms with Gasteiger partial charge in [-0.15, -0.1) is 0 Å². The molecule has 1 saturated carbocycles. The topological polar surface area (TPSA) is 46.5 Å². The molecule has 0 amide bonds. The van der Waals surface area contributed by atoms with Gasteiger partial charge in [-0.3, -0.25) is 0 Å². The first-order chi connectivity index (χ1) is 13.2. The first-order valence-electron chi connectivity index (χ1n) is 10.2. The summed E-state index contributed by atoms with van der Waals surface area (Å²) in [5.74, 6) is 1.63. The maximum atomic E-state index is 12.2. The summed E-state index contributed by atoms with van der Waals surface area (Å²) in [6, 6.07) is 14.2. The van der Waals surface area contributed by atoms with E-state index in [4.69, 9.17) is 4.74 Å². The average molecular weight is 364 g/mol. The first-order valence-corrected chi connectivity index (χ1v) is 10.2. The van der Waals surface area contributed by atoms with E-state index in [0.29, 0.717) is 11.5 Å². The molecule has 3 nitrogen and oxygen atoms in total.